The lowest BCUT2D eigenvalue weighted by atomic mass is 10.2. The Labute approximate surface area is 69.3 Å². The van der Waals surface area contributed by atoms with Gasteiger partial charge in [-0.2, -0.15) is 0 Å². The first-order valence-electron chi connectivity index (χ1n) is 3.03. The molecule has 3 nitrogen and oxygen atoms in total. The third-order valence-corrected chi connectivity index (χ3v) is 1.79. The van der Waals surface area contributed by atoms with E-state index in [2.05, 4.69) is 10.1 Å². The van der Waals surface area contributed by atoms with Gasteiger partial charge in [0.25, 0.3) is 0 Å². The van der Waals surface area contributed by atoms with Crippen LogP contribution < -0.4 is 0 Å². The zero-order chi connectivity index (χ0) is 8.27. The molecule has 0 aliphatic rings. The molecule has 0 atom stereocenters. The summed E-state index contributed by atoms with van der Waals surface area (Å²) in [6, 6.07) is 0. The quantitative estimate of drug-likeness (QED) is 0.397. The topological polar surface area (TPSA) is 45.5 Å². The van der Waals surface area contributed by atoms with Gasteiger partial charge in [-0.1, -0.05) is 16.8 Å². The van der Waals surface area contributed by atoms with Gasteiger partial charge in [-0.3, -0.25) is 4.98 Å². The van der Waals surface area contributed by atoms with Crippen molar-refractivity contribution in [1.82, 2.24) is 4.98 Å². The highest BCUT2D eigenvalue weighted by atomic mass is 35.5. The Morgan fingerprint density at radius 1 is 1.64 bits per heavy atom. The molecule has 1 aromatic heterocycles. The van der Waals surface area contributed by atoms with Crippen LogP contribution in [0.5, 0.6) is 0 Å². The SMILES string of the molecule is Cc1cncc(/C=N/O)c1Cl. The summed E-state index contributed by atoms with van der Waals surface area (Å²) in [6.45, 7) is 1.84. The van der Waals surface area contributed by atoms with Crippen LogP contribution in [-0.2, 0) is 0 Å². The van der Waals surface area contributed by atoms with Crippen molar-refractivity contribution >= 4 is 17.8 Å². The van der Waals surface area contributed by atoms with Crippen LogP contribution in [0.4, 0.5) is 0 Å². The van der Waals surface area contributed by atoms with Crippen LogP contribution in [0.15, 0.2) is 17.5 Å². The van der Waals surface area contributed by atoms with Crippen molar-refractivity contribution in [2.75, 3.05) is 0 Å². The van der Waals surface area contributed by atoms with Gasteiger partial charge >= 0.3 is 0 Å². The number of pyridine rings is 1. The first-order valence-corrected chi connectivity index (χ1v) is 3.41. The largest absolute Gasteiger partial charge is 0.411 e. The zero-order valence-electron chi connectivity index (χ0n) is 5.95. The summed E-state index contributed by atoms with van der Waals surface area (Å²) in [5.74, 6) is 0. The van der Waals surface area contributed by atoms with Crippen LogP contribution >= 0.6 is 11.6 Å². The molecule has 1 rings (SSSR count). The van der Waals surface area contributed by atoms with Gasteiger partial charge in [0, 0.05) is 18.0 Å². The molecule has 0 saturated heterocycles. The number of hydrogen-bond donors (Lipinski definition) is 1. The number of hydrogen-bond acceptors (Lipinski definition) is 3. The molecule has 0 spiro atoms. The molecule has 58 valence electrons. The first kappa shape index (κ1) is 8.01. The molecule has 0 radical (unpaired) electrons. The highest BCUT2D eigenvalue weighted by Crippen LogP contribution is 2.16. The third kappa shape index (κ3) is 1.68. The minimum Gasteiger partial charge on any atom is -0.411 e. The van der Waals surface area contributed by atoms with Gasteiger partial charge in [-0.15, -0.1) is 0 Å². The van der Waals surface area contributed by atoms with E-state index in [1.54, 1.807) is 6.20 Å². The summed E-state index contributed by atoms with van der Waals surface area (Å²) >= 11 is 5.83. The van der Waals surface area contributed by atoms with E-state index in [-0.39, 0.29) is 0 Å². The molecule has 0 amide bonds. The fourth-order valence-corrected chi connectivity index (χ4v) is 0.869. The standard InChI is InChI=1S/C7H7ClN2O/c1-5-2-9-3-6(4-10-11)7(5)8/h2-4,11H,1H3/b10-4+. The summed E-state index contributed by atoms with van der Waals surface area (Å²) in [5, 5.41) is 11.6. The molecule has 0 bridgehead atoms. The lowest BCUT2D eigenvalue weighted by molar-refractivity contribution is 0.322. The molecular formula is C7H7ClN2O. The van der Waals surface area contributed by atoms with Crippen molar-refractivity contribution in [3.05, 3.63) is 28.5 Å². The van der Waals surface area contributed by atoms with E-state index in [1.807, 2.05) is 6.92 Å². The Morgan fingerprint density at radius 2 is 2.36 bits per heavy atom. The number of rotatable bonds is 1. The van der Waals surface area contributed by atoms with Crippen LogP contribution in [0.1, 0.15) is 11.1 Å². The normalized spacial score (nSPS) is 10.7. The van der Waals surface area contributed by atoms with Gasteiger partial charge < -0.3 is 5.21 Å². The molecule has 0 aromatic carbocycles. The van der Waals surface area contributed by atoms with Gasteiger partial charge in [-0.05, 0) is 12.5 Å². The second kappa shape index (κ2) is 3.34. The highest BCUT2D eigenvalue weighted by Gasteiger charge is 1.99. The number of aryl methyl sites for hydroxylation is 1. The molecule has 1 heterocycles. The van der Waals surface area contributed by atoms with Crippen LogP contribution in [0.25, 0.3) is 0 Å². The highest BCUT2D eigenvalue weighted by molar-refractivity contribution is 6.33. The van der Waals surface area contributed by atoms with E-state index in [0.717, 1.165) is 5.56 Å². The molecule has 11 heavy (non-hydrogen) atoms. The first-order chi connectivity index (χ1) is 5.25. The average Bonchev–Trinajstić information content (AvgIpc) is 1.99. The molecule has 0 aliphatic carbocycles. The second-order valence-electron chi connectivity index (χ2n) is 2.10. The summed E-state index contributed by atoms with van der Waals surface area (Å²) in [6.07, 6.45) is 4.44. The summed E-state index contributed by atoms with van der Waals surface area (Å²) in [5.41, 5.74) is 1.48. The lowest BCUT2D eigenvalue weighted by Crippen LogP contribution is -1.88. The Balaban J connectivity index is 3.16. The van der Waals surface area contributed by atoms with Crippen LogP contribution in [-0.4, -0.2) is 16.4 Å². The van der Waals surface area contributed by atoms with E-state index >= 15 is 0 Å². The number of oxime groups is 1. The van der Waals surface area contributed by atoms with Gasteiger partial charge in [0.15, 0.2) is 0 Å². The van der Waals surface area contributed by atoms with Crippen molar-refractivity contribution in [2.24, 2.45) is 5.16 Å². The maximum Gasteiger partial charge on any atom is 0.0764 e. The minimum absolute atomic E-state index is 0.567. The van der Waals surface area contributed by atoms with E-state index in [9.17, 15) is 0 Å². The van der Waals surface area contributed by atoms with Crippen molar-refractivity contribution in [3.63, 3.8) is 0 Å². The van der Waals surface area contributed by atoms with Crippen LogP contribution in [0, 0.1) is 6.92 Å². The fourth-order valence-electron chi connectivity index (χ4n) is 0.723. The van der Waals surface area contributed by atoms with Gasteiger partial charge in [0.1, 0.15) is 0 Å². The molecule has 1 N–H and O–H groups in total. The monoisotopic (exact) mass is 170 g/mol. The summed E-state index contributed by atoms with van der Waals surface area (Å²) in [7, 11) is 0. The summed E-state index contributed by atoms with van der Waals surface area (Å²) < 4.78 is 0. The lowest BCUT2D eigenvalue weighted by Gasteiger charge is -1.98. The third-order valence-electron chi connectivity index (χ3n) is 1.28. The molecule has 0 saturated carbocycles. The molecule has 4 heteroatoms. The van der Waals surface area contributed by atoms with E-state index in [0.29, 0.717) is 10.6 Å². The molecule has 0 aliphatic heterocycles. The van der Waals surface area contributed by atoms with Crippen molar-refractivity contribution in [3.8, 4) is 0 Å². The Bertz CT molecular complexity index is 286. The van der Waals surface area contributed by atoms with E-state index in [4.69, 9.17) is 16.8 Å². The number of halogens is 1. The molecule has 0 fully saturated rings. The van der Waals surface area contributed by atoms with E-state index < -0.39 is 0 Å². The van der Waals surface area contributed by atoms with Gasteiger partial charge in [-0.25, -0.2) is 0 Å². The second-order valence-corrected chi connectivity index (χ2v) is 2.48. The maximum absolute atomic E-state index is 8.22. The van der Waals surface area contributed by atoms with Crippen molar-refractivity contribution < 1.29 is 5.21 Å². The van der Waals surface area contributed by atoms with Crippen LogP contribution in [0.3, 0.4) is 0 Å². The fraction of sp³-hybridized carbons (Fsp3) is 0.143. The predicted octanol–water partition coefficient (Wildman–Crippen LogP) is 1.85. The average molecular weight is 171 g/mol. The zero-order valence-corrected chi connectivity index (χ0v) is 6.71. The maximum atomic E-state index is 8.22. The minimum atomic E-state index is 0.567. The van der Waals surface area contributed by atoms with Crippen molar-refractivity contribution in [1.29, 1.82) is 0 Å². The predicted molar refractivity (Wildman–Crippen MR) is 43.4 cm³/mol. The number of aromatic nitrogens is 1. The van der Waals surface area contributed by atoms with Crippen molar-refractivity contribution in [2.45, 2.75) is 6.92 Å². The Morgan fingerprint density at radius 3 is 3.00 bits per heavy atom. The summed E-state index contributed by atoms with van der Waals surface area (Å²) in [4.78, 5) is 3.88. The smallest absolute Gasteiger partial charge is 0.0764 e. The molecule has 1 aromatic rings. The van der Waals surface area contributed by atoms with E-state index in [1.165, 1.54) is 12.4 Å². The number of nitrogens with zero attached hydrogens (tertiary/aromatic N) is 2. The Kier molecular flexibility index (Phi) is 2.44. The molecular weight excluding hydrogens is 164 g/mol. The molecule has 0 unspecified atom stereocenters. The van der Waals surface area contributed by atoms with Gasteiger partial charge in [0.2, 0.25) is 0 Å². The van der Waals surface area contributed by atoms with Gasteiger partial charge in [0.05, 0.1) is 11.2 Å². The van der Waals surface area contributed by atoms with Crippen LogP contribution in [0.2, 0.25) is 5.02 Å². The Hall–Kier alpha value is -1.09.